The van der Waals surface area contributed by atoms with Gasteiger partial charge in [-0.15, -0.1) is 0 Å². The molecule has 1 aromatic heterocycles. The van der Waals surface area contributed by atoms with Gasteiger partial charge in [0.2, 0.25) is 5.91 Å². The van der Waals surface area contributed by atoms with Crippen LogP contribution in [-0.2, 0) is 17.9 Å². The van der Waals surface area contributed by atoms with Gasteiger partial charge in [-0.25, -0.2) is 0 Å². The Balaban J connectivity index is 1.40. The molecule has 164 valence electrons. The Labute approximate surface area is 185 Å². The Kier molecular flexibility index (Phi) is 7.05. The number of benzene rings is 2. The number of hydrogen-bond acceptors (Lipinski definition) is 3. The number of hydrogen-bond donors (Lipinski definition) is 1. The predicted molar refractivity (Wildman–Crippen MR) is 127 cm³/mol. The van der Waals surface area contributed by atoms with Crippen LogP contribution < -0.4 is 5.32 Å². The van der Waals surface area contributed by atoms with E-state index < -0.39 is 0 Å². The van der Waals surface area contributed by atoms with Crippen LogP contribution in [0.15, 0.2) is 60.7 Å². The number of amides is 1. The molecule has 1 aliphatic heterocycles. The highest BCUT2D eigenvalue weighted by Crippen LogP contribution is 2.25. The summed E-state index contributed by atoms with van der Waals surface area (Å²) in [6.45, 7) is 5.37. The number of nitrogens with one attached hydrogen (secondary N) is 1. The van der Waals surface area contributed by atoms with Crippen molar-refractivity contribution in [3.05, 3.63) is 71.9 Å². The number of likely N-dealkylation sites (N-methyl/N-ethyl adjacent to an activating group) is 1. The number of aromatic nitrogens is 1. The second kappa shape index (κ2) is 10.1. The number of likely N-dealkylation sites (tertiary alicyclic amines) is 1. The standard InChI is InChI=1S/C26H34N4O/c1-28(2)17-14-27-26(31)22-12-15-29(16-13-22)20-24-18-23-10-6-7-11-25(23)30(24)19-21-8-4-3-5-9-21/h3-11,18,22H,12-17,19-20H2,1-2H3,(H,27,31). The molecule has 2 aromatic carbocycles. The number of carbonyl (C=O) groups excluding carboxylic acids is 1. The molecule has 0 bridgehead atoms. The molecule has 0 radical (unpaired) electrons. The molecule has 1 aliphatic rings. The first-order valence-corrected chi connectivity index (χ1v) is 11.4. The zero-order valence-corrected chi connectivity index (χ0v) is 18.8. The summed E-state index contributed by atoms with van der Waals surface area (Å²) in [5, 5.41) is 4.39. The van der Waals surface area contributed by atoms with Crippen LogP contribution in [0.2, 0.25) is 0 Å². The lowest BCUT2D eigenvalue weighted by Gasteiger charge is -2.31. The molecule has 1 saturated heterocycles. The van der Waals surface area contributed by atoms with E-state index in [-0.39, 0.29) is 11.8 Å². The largest absolute Gasteiger partial charge is 0.355 e. The predicted octanol–water partition coefficient (Wildman–Crippen LogP) is 3.58. The molecular formula is C26H34N4O. The number of carbonyl (C=O) groups is 1. The van der Waals surface area contributed by atoms with E-state index in [1.807, 2.05) is 14.1 Å². The summed E-state index contributed by atoms with van der Waals surface area (Å²) in [4.78, 5) is 17.1. The van der Waals surface area contributed by atoms with Gasteiger partial charge >= 0.3 is 0 Å². The lowest BCUT2D eigenvalue weighted by Crippen LogP contribution is -2.41. The van der Waals surface area contributed by atoms with Gasteiger partial charge in [0.05, 0.1) is 0 Å². The van der Waals surface area contributed by atoms with Crippen molar-refractivity contribution in [2.24, 2.45) is 5.92 Å². The highest BCUT2D eigenvalue weighted by molar-refractivity contribution is 5.81. The third kappa shape index (κ3) is 5.54. The van der Waals surface area contributed by atoms with Crippen molar-refractivity contribution in [2.45, 2.75) is 25.9 Å². The second-order valence-corrected chi connectivity index (χ2v) is 8.91. The van der Waals surface area contributed by atoms with Gasteiger partial charge in [0.15, 0.2) is 0 Å². The molecule has 0 spiro atoms. The SMILES string of the molecule is CN(C)CCNC(=O)C1CCN(Cc2cc3ccccc3n2Cc2ccccc2)CC1. The third-order valence-corrected chi connectivity index (χ3v) is 6.28. The van der Waals surface area contributed by atoms with E-state index in [2.05, 4.69) is 80.3 Å². The minimum Gasteiger partial charge on any atom is -0.355 e. The topological polar surface area (TPSA) is 40.5 Å². The zero-order chi connectivity index (χ0) is 21.6. The molecule has 0 unspecified atom stereocenters. The average Bonchev–Trinajstić information content (AvgIpc) is 3.11. The number of nitrogens with zero attached hydrogens (tertiary/aromatic N) is 3. The van der Waals surface area contributed by atoms with Gasteiger partial charge in [-0.1, -0.05) is 48.5 Å². The van der Waals surface area contributed by atoms with Crippen molar-refractivity contribution < 1.29 is 4.79 Å². The molecule has 1 N–H and O–H groups in total. The summed E-state index contributed by atoms with van der Waals surface area (Å²) in [6, 6.07) is 21.6. The summed E-state index contributed by atoms with van der Waals surface area (Å²) in [7, 11) is 4.06. The number of para-hydroxylation sites is 1. The zero-order valence-electron chi connectivity index (χ0n) is 18.8. The van der Waals surface area contributed by atoms with Gasteiger partial charge < -0.3 is 14.8 Å². The molecule has 0 aliphatic carbocycles. The van der Waals surface area contributed by atoms with E-state index in [1.165, 1.54) is 22.2 Å². The van der Waals surface area contributed by atoms with Crippen LogP contribution in [0.25, 0.3) is 10.9 Å². The molecule has 5 nitrogen and oxygen atoms in total. The van der Waals surface area contributed by atoms with Crippen LogP contribution in [0.3, 0.4) is 0 Å². The van der Waals surface area contributed by atoms with Crippen LogP contribution >= 0.6 is 0 Å². The van der Waals surface area contributed by atoms with Crippen molar-refractivity contribution in [1.29, 1.82) is 0 Å². The lowest BCUT2D eigenvalue weighted by atomic mass is 9.96. The van der Waals surface area contributed by atoms with Crippen LogP contribution in [0.1, 0.15) is 24.1 Å². The van der Waals surface area contributed by atoms with Crippen LogP contribution in [0.4, 0.5) is 0 Å². The van der Waals surface area contributed by atoms with Crippen molar-refractivity contribution in [3.8, 4) is 0 Å². The van der Waals surface area contributed by atoms with Gasteiger partial charge in [0.25, 0.3) is 0 Å². The quantitative estimate of drug-likeness (QED) is 0.608. The van der Waals surface area contributed by atoms with Crippen molar-refractivity contribution in [3.63, 3.8) is 0 Å². The molecule has 5 heteroatoms. The first-order valence-electron chi connectivity index (χ1n) is 11.4. The molecular weight excluding hydrogens is 384 g/mol. The maximum Gasteiger partial charge on any atom is 0.223 e. The van der Waals surface area contributed by atoms with Gasteiger partial charge in [0, 0.05) is 43.3 Å². The summed E-state index contributed by atoms with van der Waals surface area (Å²) in [5.41, 5.74) is 3.95. The first kappa shape index (κ1) is 21.6. The lowest BCUT2D eigenvalue weighted by molar-refractivity contribution is -0.126. The van der Waals surface area contributed by atoms with E-state index in [1.54, 1.807) is 0 Å². The van der Waals surface area contributed by atoms with E-state index in [9.17, 15) is 4.79 Å². The van der Waals surface area contributed by atoms with Crippen LogP contribution in [0.5, 0.6) is 0 Å². The Morgan fingerprint density at radius 2 is 1.71 bits per heavy atom. The minimum absolute atomic E-state index is 0.147. The van der Waals surface area contributed by atoms with Gasteiger partial charge in [-0.3, -0.25) is 9.69 Å². The summed E-state index contributed by atoms with van der Waals surface area (Å²) >= 11 is 0. The second-order valence-electron chi connectivity index (χ2n) is 8.91. The fourth-order valence-electron chi connectivity index (χ4n) is 4.48. The molecule has 1 fully saturated rings. The normalized spacial score (nSPS) is 15.6. The van der Waals surface area contributed by atoms with Gasteiger partial charge in [0.1, 0.15) is 0 Å². The fraction of sp³-hybridized carbons (Fsp3) is 0.423. The fourth-order valence-corrected chi connectivity index (χ4v) is 4.48. The first-order chi connectivity index (χ1) is 15.1. The maximum atomic E-state index is 12.5. The van der Waals surface area contributed by atoms with Gasteiger partial charge in [-0.05, 0) is 63.1 Å². The molecule has 0 atom stereocenters. The molecule has 0 saturated carbocycles. The van der Waals surface area contributed by atoms with E-state index in [0.717, 1.165) is 52.1 Å². The third-order valence-electron chi connectivity index (χ3n) is 6.28. The summed E-state index contributed by atoms with van der Waals surface area (Å²) in [6.07, 6.45) is 1.87. The molecule has 31 heavy (non-hydrogen) atoms. The van der Waals surface area contributed by atoms with E-state index >= 15 is 0 Å². The monoisotopic (exact) mass is 418 g/mol. The summed E-state index contributed by atoms with van der Waals surface area (Å²) < 4.78 is 2.45. The number of rotatable bonds is 8. The molecule has 1 amide bonds. The minimum atomic E-state index is 0.147. The van der Waals surface area contributed by atoms with Crippen molar-refractivity contribution in [1.82, 2.24) is 19.7 Å². The number of piperidine rings is 1. The molecule has 4 rings (SSSR count). The molecule has 3 aromatic rings. The summed E-state index contributed by atoms with van der Waals surface area (Å²) in [5.74, 6) is 0.369. The van der Waals surface area contributed by atoms with Crippen molar-refractivity contribution >= 4 is 16.8 Å². The van der Waals surface area contributed by atoms with E-state index in [0.29, 0.717) is 0 Å². The Morgan fingerprint density at radius 1 is 1.00 bits per heavy atom. The smallest absolute Gasteiger partial charge is 0.223 e. The number of fused-ring (bicyclic) bond motifs is 1. The van der Waals surface area contributed by atoms with Gasteiger partial charge in [-0.2, -0.15) is 0 Å². The van der Waals surface area contributed by atoms with Crippen molar-refractivity contribution in [2.75, 3.05) is 40.3 Å². The Bertz CT molecular complexity index is 987. The average molecular weight is 419 g/mol. The maximum absolute atomic E-state index is 12.5. The van der Waals surface area contributed by atoms with Crippen LogP contribution in [0, 0.1) is 5.92 Å². The molecule has 2 heterocycles. The van der Waals surface area contributed by atoms with E-state index in [4.69, 9.17) is 0 Å². The Hall–Kier alpha value is -2.63. The highest BCUT2D eigenvalue weighted by Gasteiger charge is 2.25. The highest BCUT2D eigenvalue weighted by atomic mass is 16.1. The Morgan fingerprint density at radius 3 is 2.45 bits per heavy atom. The van der Waals surface area contributed by atoms with Crippen LogP contribution in [-0.4, -0.2) is 60.5 Å².